The lowest BCUT2D eigenvalue weighted by atomic mass is 10.00. The summed E-state index contributed by atoms with van der Waals surface area (Å²) in [5.74, 6) is 1.58. The fraction of sp³-hybridized carbons (Fsp3) is 0.700. The van der Waals surface area contributed by atoms with E-state index in [0.717, 1.165) is 62.3 Å². The van der Waals surface area contributed by atoms with E-state index in [1.165, 1.54) is 32.4 Å². The second-order valence-electron chi connectivity index (χ2n) is 10.9. The minimum atomic E-state index is 0.0981. The van der Waals surface area contributed by atoms with E-state index in [2.05, 4.69) is 66.5 Å². The molecule has 35 heavy (non-hydrogen) atoms. The third-order valence-electron chi connectivity index (χ3n) is 7.32. The van der Waals surface area contributed by atoms with E-state index in [-0.39, 0.29) is 6.03 Å². The zero-order valence-corrected chi connectivity index (χ0v) is 23.2. The molecule has 3 rings (SSSR count). The van der Waals surface area contributed by atoms with Crippen molar-refractivity contribution in [1.29, 1.82) is 0 Å². The van der Waals surface area contributed by atoms with Crippen molar-refractivity contribution in [2.75, 3.05) is 39.8 Å². The van der Waals surface area contributed by atoms with Crippen molar-refractivity contribution in [3.63, 3.8) is 0 Å². The Bertz CT molecular complexity index is 714. The number of hydrogen-bond acceptors (Lipinski definition) is 3. The number of likely N-dealkylation sites (tertiary alicyclic amines) is 1. The van der Waals surface area contributed by atoms with E-state index < -0.39 is 0 Å². The van der Waals surface area contributed by atoms with Gasteiger partial charge in [0.2, 0.25) is 0 Å². The van der Waals surface area contributed by atoms with E-state index in [0.29, 0.717) is 12.6 Å². The summed E-state index contributed by atoms with van der Waals surface area (Å²) in [6.07, 6.45) is 9.04. The van der Waals surface area contributed by atoms with Crippen LogP contribution in [0.15, 0.2) is 43.0 Å². The summed E-state index contributed by atoms with van der Waals surface area (Å²) in [4.78, 5) is 20.3. The van der Waals surface area contributed by atoms with Crippen molar-refractivity contribution in [3.8, 4) is 0 Å². The maximum atomic E-state index is 12.9. The van der Waals surface area contributed by atoms with Gasteiger partial charge in [0.05, 0.1) is 0 Å². The number of piperidine rings is 1. The predicted molar refractivity (Wildman–Crippen MR) is 150 cm³/mol. The molecule has 0 spiro atoms. The topological polar surface area (TPSA) is 38.8 Å². The molecule has 0 bridgehead atoms. The van der Waals surface area contributed by atoms with Crippen LogP contribution in [0.1, 0.15) is 71.8 Å². The van der Waals surface area contributed by atoms with Crippen molar-refractivity contribution in [2.24, 2.45) is 11.8 Å². The first kappa shape index (κ1) is 29.4. The molecule has 2 aliphatic rings. The maximum absolute atomic E-state index is 12.9. The highest BCUT2D eigenvalue weighted by Gasteiger charge is 2.32. The van der Waals surface area contributed by atoms with Crippen LogP contribution in [0.5, 0.6) is 0 Å². The van der Waals surface area contributed by atoms with Crippen LogP contribution in [0.4, 0.5) is 4.79 Å². The Morgan fingerprint density at radius 2 is 1.80 bits per heavy atom. The van der Waals surface area contributed by atoms with Crippen LogP contribution in [0.3, 0.4) is 0 Å². The number of allylic oxidation sites excluding steroid dienone is 1. The number of benzene rings is 1. The second kappa shape index (κ2) is 16.0. The number of amides is 2. The lowest BCUT2D eigenvalue weighted by molar-refractivity contribution is 0.110. The molecular formula is C30H52N4O. The minimum Gasteiger partial charge on any atom is -0.334 e. The molecule has 198 valence electrons. The highest BCUT2D eigenvalue weighted by molar-refractivity contribution is 5.74. The van der Waals surface area contributed by atoms with E-state index in [4.69, 9.17) is 0 Å². The molecule has 1 saturated heterocycles. The summed E-state index contributed by atoms with van der Waals surface area (Å²) in [7, 11) is 2.31. The quantitative estimate of drug-likeness (QED) is 0.413. The van der Waals surface area contributed by atoms with E-state index in [9.17, 15) is 4.79 Å². The van der Waals surface area contributed by atoms with Gasteiger partial charge in [0, 0.05) is 51.4 Å². The Labute approximate surface area is 215 Å². The highest BCUT2D eigenvalue weighted by atomic mass is 16.2. The first-order valence-corrected chi connectivity index (χ1v) is 14.0. The summed E-state index contributed by atoms with van der Waals surface area (Å²) in [6, 6.07) is 11.4. The Hall–Kier alpha value is -1.85. The summed E-state index contributed by atoms with van der Waals surface area (Å²) < 4.78 is 0. The number of urea groups is 1. The van der Waals surface area contributed by atoms with Crippen molar-refractivity contribution in [1.82, 2.24) is 20.0 Å². The van der Waals surface area contributed by atoms with Gasteiger partial charge in [-0.2, -0.15) is 0 Å². The Morgan fingerprint density at radius 1 is 1.14 bits per heavy atom. The highest BCUT2D eigenvalue weighted by Crippen LogP contribution is 2.31. The molecule has 0 aromatic heterocycles. The molecule has 2 amide bonds. The predicted octanol–water partition coefficient (Wildman–Crippen LogP) is 6.02. The van der Waals surface area contributed by atoms with Gasteiger partial charge in [-0.25, -0.2) is 4.79 Å². The van der Waals surface area contributed by atoms with Gasteiger partial charge in [0.1, 0.15) is 0 Å². The van der Waals surface area contributed by atoms with E-state index in [1.54, 1.807) is 6.08 Å². The first-order chi connectivity index (χ1) is 16.9. The van der Waals surface area contributed by atoms with Crippen LogP contribution < -0.4 is 5.32 Å². The SMILES string of the molecule is C=CC.CCCN(C(=O)NCc1ccccc1)C1CCN(CC2CCC(N(C)CC(C)C)C2)CC1. The number of carbonyl (C=O) groups is 1. The largest absolute Gasteiger partial charge is 0.334 e. The fourth-order valence-corrected chi connectivity index (χ4v) is 5.68. The average Bonchev–Trinajstić information content (AvgIpc) is 3.31. The van der Waals surface area contributed by atoms with Crippen molar-refractivity contribution in [2.45, 2.75) is 84.8 Å². The monoisotopic (exact) mass is 484 g/mol. The molecule has 2 fully saturated rings. The summed E-state index contributed by atoms with van der Waals surface area (Å²) in [5.41, 5.74) is 1.15. The Morgan fingerprint density at radius 3 is 2.40 bits per heavy atom. The summed E-state index contributed by atoms with van der Waals surface area (Å²) in [6.45, 7) is 18.2. The van der Waals surface area contributed by atoms with Gasteiger partial charge in [-0.3, -0.25) is 0 Å². The minimum absolute atomic E-state index is 0.0981. The molecule has 2 unspecified atom stereocenters. The van der Waals surface area contributed by atoms with Gasteiger partial charge in [0.25, 0.3) is 0 Å². The average molecular weight is 485 g/mol. The fourth-order valence-electron chi connectivity index (χ4n) is 5.68. The molecule has 1 aliphatic heterocycles. The Kier molecular flexibility index (Phi) is 13.4. The number of rotatable bonds is 10. The van der Waals surface area contributed by atoms with Crippen molar-refractivity contribution < 1.29 is 4.79 Å². The van der Waals surface area contributed by atoms with Crippen LogP contribution in [0.2, 0.25) is 0 Å². The third kappa shape index (κ3) is 10.3. The van der Waals surface area contributed by atoms with E-state index >= 15 is 0 Å². The molecule has 2 atom stereocenters. The number of nitrogens with one attached hydrogen (secondary N) is 1. The van der Waals surface area contributed by atoms with Crippen molar-refractivity contribution in [3.05, 3.63) is 48.6 Å². The molecule has 1 aliphatic carbocycles. The zero-order valence-electron chi connectivity index (χ0n) is 23.2. The number of hydrogen-bond donors (Lipinski definition) is 1. The molecule has 1 aromatic carbocycles. The standard InChI is InChI=1S/C27H46N4O.C3H6/c1-5-15-31(27(32)28-19-23-9-7-6-8-10-23)25-13-16-30(17-14-25)21-24-11-12-26(18-24)29(4)20-22(2)3;1-3-2/h6-10,22,24-26H,5,11-21H2,1-4H3,(H,28,32);3H,1H2,2H3. The second-order valence-corrected chi connectivity index (χ2v) is 10.9. The molecule has 1 heterocycles. The molecule has 0 radical (unpaired) electrons. The number of carbonyl (C=O) groups excluding carboxylic acids is 1. The molecular weight excluding hydrogens is 432 g/mol. The smallest absolute Gasteiger partial charge is 0.317 e. The van der Waals surface area contributed by atoms with E-state index in [1.807, 2.05) is 25.1 Å². The van der Waals surface area contributed by atoms with Gasteiger partial charge in [0.15, 0.2) is 0 Å². The van der Waals surface area contributed by atoms with Gasteiger partial charge in [-0.15, -0.1) is 6.58 Å². The van der Waals surface area contributed by atoms with Gasteiger partial charge >= 0.3 is 6.03 Å². The lowest BCUT2D eigenvalue weighted by Gasteiger charge is -2.39. The molecule has 1 saturated carbocycles. The van der Waals surface area contributed by atoms with Crippen LogP contribution in [0, 0.1) is 11.8 Å². The Balaban J connectivity index is 0.00000137. The van der Waals surface area contributed by atoms with Crippen LogP contribution in [-0.2, 0) is 6.54 Å². The molecule has 5 heteroatoms. The van der Waals surface area contributed by atoms with Crippen molar-refractivity contribution >= 4 is 6.03 Å². The molecule has 1 N–H and O–H groups in total. The summed E-state index contributed by atoms with van der Waals surface area (Å²) in [5, 5.41) is 3.15. The van der Waals surface area contributed by atoms with Gasteiger partial charge in [-0.05, 0) is 69.9 Å². The molecule has 5 nitrogen and oxygen atoms in total. The zero-order chi connectivity index (χ0) is 25.6. The summed E-state index contributed by atoms with van der Waals surface area (Å²) >= 11 is 0. The van der Waals surface area contributed by atoms with Crippen LogP contribution in [0.25, 0.3) is 0 Å². The maximum Gasteiger partial charge on any atom is 0.317 e. The molecule has 1 aromatic rings. The van der Waals surface area contributed by atoms with Gasteiger partial charge in [-0.1, -0.05) is 57.2 Å². The lowest BCUT2D eigenvalue weighted by Crippen LogP contribution is -2.51. The van der Waals surface area contributed by atoms with Crippen LogP contribution in [-0.4, -0.2) is 72.6 Å². The van der Waals surface area contributed by atoms with Gasteiger partial charge < -0.3 is 20.0 Å². The van der Waals surface area contributed by atoms with Crippen LogP contribution >= 0.6 is 0 Å². The normalized spacial score (nSPS) is 21.0. The number of nitrogens with zero attached hydrogens (tertiary/aromatic N) is 3. The third-order valence-corrected chi connectivity index (χ3v) is 7.32. The first-order valence-electron chi connectivity index (χ1n) is 14.0.